The van der Waals surface area contributed by atoms with Crippen LogP contribution in [-0.4, -0.2) is 18.4 Å². The highest BCUT2D eigenvalue weighted by molar-refractivity contribution is 9.10. The second-order valence-electron chi connectivity index (χ2n) is 4.17. The molecule has 0 fully saturated rings. The lowest BCUT2D eigenvalue weighted by atomic mass is 10.2. The Morgan fingerprint density at radius 2 is 1.90 bits per heavy atom. The van der Waals surface area contributed by atoms with E-state index >= 15 is 0 Å². The van der Waals surface area contributed by atoms with Gasteiger partial charge in [-0.1, -0.05) is 27.5 Å². The molecule has 106 valence electrons. The van der Waals surface area contributed by atoms with Gasteiger partial charge in [-0.2, -0.15) is 0 Å². The highest BCUT2D eigenvalue weighted by Gasteiger charge is 2.17. The fourth-order valence-electron chi connectivity index (χ4n) is 1.54. The molecule has 1 aromatic carbocycles. The van der Waals surface area contributed by atoms with Crippen molar-refractivity contribution in [1.82, 2.24) is 9.97 Å². The molecular weight excluding hydrogens is 366 g/mol. The molecule has 0 amide bonds. The minimum atomic E-state index is -3.74. The predicted octanol–water partition coefficient (Wildman–Crippen LogP) is 3.31. The molecular formula is C12H11BrClN3O2S. The largest absolute Gasteiger partial charge is 0.264 e. The van der Waals surface area contributed by atoms with E-state index in [1.54, 1.807) is 25.1 Å². The Bertz CT molecular complexity index is 745. The lowest BCUT2D eigenvalue weighted by Gasteiger charge is -2.08. The van der Waals surface area contributed by atoms with Crippen molar-refractivity contribution in [1.29, 1.82) is 0 Å². The highest BCUT2D eigenvalue weighted by atomic mass is 79.9. The van der Waals surface area contributed by atoms with Crippen LogP contribution in [0, 0.1) is 13.8 Å². The van der Waals surface area contributed by atoms with Crippen LogP contribution < -0.4 is 4.72 Å². The molecule has 0 spiro atoms. The van der Waals surface area contributed by atoms with Gasteiger partial charge < -0.3 is 0 Å². The molecule has 8 heteroatoms. The fraction of sp³-hybridized carbons (Fsp3) is 0.167. The number of aryl methyl sites for hydroxylation is 2. The molecule has 0 unspecified atom stereocenters. The van der Waals surface area contributed by atoms with Crippen LogP contribution in [0.3, 0.4) is 0 Å². The number of benzene rings is 1. The molecule has 1 aromatic heterocycles. The third kappa shape index (κ3) is 3.47. The summed E-state index contributed by atoms with van der Waals surface area (Å²) in [5.74, 6) is -0.0458. The number of sulfonamides is 1. The summed E-state index contributed by atoms with van der Waals surface area (Å²) in [5.41, 5.74) is 1.39. The Hall–Kier alpha value is -1.18. The maximum absolute atomic E-state index is 12.2. The van der Waals surface area contributed by atoms with Gasteiger partial charge in [0, 0.05) is 10.2 Å². The summed E-state index contributed by atoms with van der Waals surface area (Å²) in [6.07, 6.45) is 0. The topological polar surface area (TPSA) is 72.0 Å². The second kappa shape index (κ2) is 5.67. The van der Waals surface area contributed by atoms with Crippen LogP contribution >= 0.6 is 27.5 Å². The molecule has 2 rings (SSSR count). The van der Waals surface area contributed by atoms with Gasteiger partial charge >= 0.3 is 0 Å². The van der Waals surface area contributed by atoms with Crippen LogP contribution in [0.25, 0.3) is 0 Å². The van der Waals surface area contributed by atoms with Gasteiger partial charge in [-0.15, -0.1) is 0 Å². The quantitative estimate of drug-likeness (QED) is 0.834. The summed E-state index contributed by atoms with van der Waals surface area (Å²) in [5, 5.41) is 0.183. The number of nitrogens with zero attached hydrogens (tertiary/aromatic N) is 2. The van der Waals surface area contributed by atoms with Crippen LogP contribution in [0.5, 0.6) is 0 Å². The van der Waals surface area contributed by atoms with E-state index < -0.39 is 10.0 Å². The number of halogens is 2. The van der Waals surface area contributed by atoms with E-state index in [1.165, 1.54) is 6.07 Å². The van der Waals surface area contributed by atoms with Gasteiger partial charge in [0.1, 0.15) is 5.15 Å². The maximum atomic E-state index is 12.2. The van der Waals surface area contributed by atoms with Crippen LogP contribution in [0.4, 0.5) is 5.95 Å². The van der Waals surface area contributed by atoms with Crippen molar-refractivity contribution in [2.24, 2.45) is 0 Å². The van der Waals surface area contributed by atoms with Gasteiger partial charge in [0.05, 0.1) is 4.90 Å². The lowest BCUT2D eigenvalue weighted by Crippen LogP contribution is -2.15. The van der Waals surface area contributed by atoms with Crippen molar-refractivity contribution in [2.75, 3.05) is 4.72 Å². The van der Waals surface area contributed by atoms with Gasteiger partial charge in [-0.25, -0.2) is 23.1 Å². The first-order valence-corrected chi connectivity index (χ1v) is 8.23. The maximum Gasteiger partial charge on any atom is 0.264 e. The van der Waals surface area contributed by atoms with Crippen molar-refractivity contribution in [2.45, 2.75) is 18.7 Å². The van der Waals surface area contributed by atoms with Crippen LogP contribution in [-0.2, 0) is 10.0 Å². The van der Waals surface area contributed by atoms with Crippen molar-refractivity contribution in [3.63, 3.8) is 0 Å². The van der Waals surface area contributed by atoms with E-state index in [1.807, 2.05) is 6.92 Å². The van der Waals surface area contributed by atoms with E-state index in [-0.39, 0.29) is 16.0 Å². The molecule has 0 bridgehead atoms. The number of anilines is 1. The zero-order chi connectivity index (χ0) is 14.9. The number of nitrogens with one attached hydrogen (secondary N) is 1. The summed E-state index contributed by atoms with van der Waals surface area (Å²) < 4.78 is 27.6. The minimum absolute atomic E-state index is 0.0458. The number of rotatable bonds is 3. The first-order valence-electron chi connectivity index (χ1n) is 5.58. The second-order valence-corrected chi connectivity index (χ2v) is 7.10. The number of hydrogen-bond donors (Lipinski definition) is 1. The smallest absolute Gasteiger partial charge is 0.247 e. The molecule has 0 radical (unpaired) electrons. The first-order chi connectivity index (χ1) is 9.28. The summed E-state index contributed by atoms with van der Waals surface area (Å²) in [7, 11) is -3.74. The Labute approximate surface area is 130 Å². The fourth-order valence-corrected chi connectivity index (χ4v) is 3.05. The average Bonchev–Trinajstić information content (AvgIpc) is 2.30. The third-order valence-corrected chi connectivity index (χ3v) is 4.90. The zero-order valence-electron chi connectivity index (χ0n) is 10.7. The Kier molecular flexibility index (Phi) is 4.31. The molecule has 0 aliphatic rings. The van der Waals surface area contributed by atoms with Crippen molar-refractivity contribution in [3.05, 3.63) is 45.1 Å². The average molecular weight is 377 g/mol. The predicted molar refractivity (Wildman–Crippen MR) is 81.5 cm³/mol. The normalized spacial score (nSPS) is 11.4. The molecule has 1 N–H and O–H groups in total. The van der Waals surface area contributed by atoms with Crippen molar-refractivity contribution in [3.8, 4) is 0 Å². The molecule has 20 heavy (non-hydrogen) atoms. The van der Waals surface area contributed by atoms with E-state index in [2.05, 4.69) is 30.6 Å². The van der Waals surface area contributed by atoms with E-state index in [0.717, 1.165) is 10.0 Å². The molecule has 0 saturated carbocycles. The van der Waals surface area contributed by atoms with Gasteiger partial charge in [0.2, 0.25) is 5.95 Å². The molecule has 0 atom stereocenters. The molecule has 0 aliphatic carbocycles. The van der Waals surface area contributed by atoms with E-state index in [4.69, 9.17) is 11.6 Å². The number of hydrogen-bond acceptors (Lipinski definition) is 4. The summed E-state index contributed by atoms with van der Waals surface area (Å²) in [6, 6.07) is 6.28. The van der Waals surface area contributed by atoms with Gasteiger partial charge in [-0.05, 0) is 43.7 Å². The summed E-state index contributed by atoms with van der Waals surface area (Å²) in [4.78, 5) is 7.97. The molecule has 5 nitrogen and oxygen atoms in total. The highest BCUT2D eigenvalue weighted by Crippen LogP contribution is 2.21. The summed E-state index contributed by atoms with van der Waals surface area (Å²) in [6.45, 7) is 3.51. The first kappa shape index (κ1) is 15.2. The van der Waals surface area contributed by atoms with Crippen LogP contribution in [0.2, 0.25) is 5.15 Å². The number of aromatic nitrogens is 2. The molecule has 0 saturated heterocycles. The van der Waals surface area contributed by atoms with Crippen LogP contribution in [0.1, 0.15) is 11.3 Å². The molecule has 1 heterocycles. The molecule has 2 aromatic rings. The lowest BCUT2D eigenvalue weighted by molar-refractivity contribution is 0.600. The monoisotopic (exact) mass is 375 g/mol. The van der Waals surface area contributed by atoms with E-state index in [0.29, 0.717) is 5.69 Å². The standard InChI is InChI=1S/C12H11BrClN3O2S/c1-7-5-9(3-4-10(7)13)20(18,19)17-12-15-8(2)6-11(14)16-12/h3-6H,1-2H3,(H,15,16,17). The van der Waals surface area contributed by atoms with E-state index in [9.17, 15) is 8.42 Å². The van der Waals surface area contributed by atoms with Gasteiger partial charge in [0.25, 0.3) is 10.0 Å². The minimum Gasteiger partial charge on any atom is -0.247 e. The SMILES string of the molecule is Cc1cc(Cl)nc(NS(=O)(=O)c2ccc(Br)c(C)c2)n1. The van der Waals surface area contributed by atoms with Gasteiger partial charge in [-0.3, -0.25) is 0 Å². The van der Waals surface area contributed by atoms with Crippen molar-refractivity contribution >= 4 is 43.5 Å². The molecule has 0 aliphatic heterocycles. The zero-order valence-corrected chi connectivity index (χ0v) is 13.8. The Morgan fingerprint density at radius 3 is 2.50 bits per heavy atom. The Morgan fingerprint density at radius 1 is 1.20 bits per heavy atom. The van der Waals surface area contributed by atoms with Crippen molar-refractivity contribution < 1.29 is 8.42 Å². The van der Waals surface area contributed by atoms with Crippen LogP contribution in [0.15, 0.2) is 33.6 Å². The summed E-state index contributed by atoms with van der Waals surface area (Å²) >= 11 is 9.10. The van der Waals surface area contributed by atoms with Gasteiger partial charge in [0.15, 0.2) is 0 Å². The third-order valence-electron chi connectivity index (χ3n) is 2.49. The Balaban J connectivity index is 2.37.